The minimum Gasteiger partial charge on any atom is -0.458 e. The molecule has 106 valence electrons. The zero-order valence-corrected chi connectivity index (χ0v) is 12.5. The van der Waals surface area contributed by atoms with E-state index in [-0.39, 0.29) is 23.4 Å². The molecule has 0 radical (unpaired) electrons. The molecule has 0 saturated carbocycles. The standard InChI is InChI=1S/C16H24O3/c1-12(2)14(16(3,4)11-18-5)19-15(17)13-9-7-6-8-10-13/h6-10,12,14H,11H2,1-5H3. The van der Waals surface area contributed by atoms with E-state index >= 15 is 0 Å². The molecule has 1 unspecified atom stereocenters. The second-order valence-electron chi connectivity index (χ2n) is 5.86. The van der Waals surface area contributed by atoms with E-state index in [0.717, 1.165) is 0 Å². The lowest BCUT2D eigenvalue weighted by atomic mass is 9.81. The Bertz CT molecular complexity index is 396. The van der Waals surface area contributed by atoms with Crippen molar-refractivity contribution >= 4 is 5.97 Å². The lowest BCUT2D eigenvalue weighted by molar-refractivity contribution is -0.0540. The molecule has 3 heteroatoms. The quantitative estimate of drug-likeness (QED) is 0.737. The maximum absolute atomic E-state index is 12.1. The average molecular weight is 264 g/mol. The third-order valence-corrected chi connectivity index (χ3v) is 3.14. The first-order valence-corrected chi connectivity index (χ1v) is 6.63. The second kappa shape index (κ2) is 6.71. The molecule has 0 bridgehead atoms. The van der Waals surface area contributed by atoms with Crippen molar-refractivity contribution in [2.45, 2.75) is 33.8 Å². The van der Waals surface area contributed by atoms with Gasteiger partial charge in [-0.15, -0.1) is 0 Å². The highest BCUT2D eigenvalue weighted by Gasteiger charge is 2.35. The number of ether oxygens (including phenoxy) is 2. The van der Waals surface area contributed by atoms with Gasteiger partial charge >= 0.3 is 5.97 Å². The normalized spacial score (nSPS) is 13.4. The minimum absolute atomic E-state index is 0.180. The molecule has 0 aliphatic carbocycles. The first-order chi connectivity index (χ1) is 8.88. The molecule has 0 fully saturated rings. The third kappa shape index (κ3) is 4.35. The van der Waals surface area contributed by atoms with Crippen molar-refractivity contribution in [3.63, 3.8) is 0 Å². The van der Waals surface area contributed by atoms with Crippen LogP contribution in [-0.4, -0.2) is 25.8 Å². The summed E-state index contributed by atoms with van der Waals surface area (Å²) >= 11 is 0. The van der Waals surface area contributed by atoms with E-state index in [4.69, 9.17) is 9.47 Å². The molecule has 0 N–H and O–H groups in total. The van der Waals surface area contributed by atoms with Crippen molar-refractivity contribution in [1.82, 2.24) is 0 Å². The van der Waals surface area contributed by atoms with Gasteiger partial charge in [-0.2, -0.15) is 0 Å². The molecule has 0 amide bonds. The van der Waals surface area contributed by atoms with Crippen LogP contribution < -0.4 is 0 Å². The van der Waals surface area contributed by atoms with Gasteiger partial charge in [-0.05, 0) is 18.1 Å². The molecule has 0 aromatic heterocycles. The highest BCUT2D eigenvalue weighted by atomic mass is 16.5. The summed E-state index contributed by atoms with van der Waals surface area (Å²) in [5.41, 5.74) is 0.370. The number of esters is 1. The van der Waals surface area contributed by atoms with Gasteiger partial charge in [0, 0.05) is 12.5 Å². The summed E-state index contributed by atoms with van der Waals surface area (Å²) in [4.78, 5) is 12.1. The monoisotopic (exact) mass is 264 g/mol. The molecule has 0 heterocycles. The van der Waals surface area contributed by atoms with Crippen molar-refractivity contribution in [3.05, 3.63) is 35.9 Å². The van der Waals surface area contributed by atoms with Gasteiger partial charge in [0.25, 0.3) is 0 Å². The van der Waals surface area contributed by atoms with Crippen molar-refractivity contribution < 1.29 is 14.3 Å². The Morgan fingerprint density at radius 1 is 1.21 bits per heavy atom. The lowest BCUT2D eigenvalue weighted by Crippen LogP contribution is -2.41. The van der Waals surface area contributed by atoms with Crippen LogP contribution in [-0.2, 0) is 9.47 Å². The zero-order valence-electron chi connectivity index (χ0n) is 12.5. The van der Waals surface area contributed by atoms with Gasteiger partial charge in [-0.25, -0.2) is 4.79 Å². The Morgan fingerprint density at radius 2 is 1.79 bits per heavy atom. The summed E-state index contributed by atoms with van der Waals surface area (Å²) in [5, 5.41) is 0. The largest absolute Gasteiger partial charge is 0.458 e. The fourth-order valence-electron chi connectivity index (χ4n) is 2.41. The van der Waals surface area contributed by atoms with Crippen LogP contribution in [0.4, 0.5) is 0 Å². The first-order valence-electron chi connectivity index (χ1n) is 6.63. The van der Waals surface area contributed by atoms with Crippen LogP contribution in [0, 0.1) is 11.3 Å². The second-order valence-corrected chi connectivity index (χ2v) is 5.86. The maximum atomic E-state index is 12.1. The Hall–Kier alpha value is -1.35. The Kier molecular flexibility index (Phi) is 5.55. The van der Waals surface area contributed by atoms with E-state index in [2.05, 4.69) is 27.7 Å². The summed E-state index contributed by atoms with van der Waals surface area (Å²) in [6.07, 6.45) is -0.180. The van der Waals surface area contributed by atoms with Gasteiger partial charge in [0.2, 0.25) is 0 Å². The molecule has 0 aliphatic rings. The van der Waals surface area contributed by atoms with Gasteiger partial charge in [0.05, 0.1) is 12.2 Å². The third-order valence-electron chi connectivity index (χ3n) is 3.14. The predicted molar refractivity (Wildman–Crippen MR) is 76.1 cm³/mol. The van der Waals surface area contributed by atoms with Crippen LogP contribution >= 0.6 is 0 Å². The minimum atomic E-state index is -0.275. The molecule has 1 aromatic rings. The summed E-state index contributed by atoms with van der Waals surface area (Å²) in [5.74, 6) is -0.0405. The van der Waals surface area contributed by atoms with E-state index in [1.807, 2.05) is 18.2 Å². The molecule has 3 nitrogen and oxygen atoms in total. The SMILES string of the molecule is COCC(C)(C)C(OC(=O)c1ccccc1)C(C)C. The molecule has 0 saturated heterocycles. The smallest absolute Gasteiger partial charge is 0.338 e. The maximum Gasteiger partial charge on any atom is 0.338 e. The van der Waals surface area contributed by atoms with Crippen molar-refractivity contribution in [1.29, 1.82) is 0 Å². The lowest BCUT2D eigenvalue weighted by Gasteiger charge is -2.35. The highest BCUT2D eigenvalue weighted by Crippen LogP contribution is 2.30. The summed E-state index contributed by atoms with van der Waals surface area (Å²) in [7, 11) is 1.66. The Labute approximate surface area is 115 Å². The number of rotatable bonds is 6. The summed E-state index contributed by atoms with van der Waals surface area (Å²) in [6.45, 7) is 8.78. The number of methoxy groups -OCH3 is 1. The van der Waals surface area contributed by atoms with E-state index in [1.165, 1.54) is 0 Å². The molecule has 0 aliphatic heterocycles. The van der Waals surface area contributed by atoms with Gasteiger partial charge in [-0.1, -0.05) is 45.9 Å². The average Bonchev–Trinajstić information content (AvgIpc) is 2.36. The van der Waals surface area contributed by atoms with Gasteiger partial charge in [-0.3, -0.25) is 0 Å². The summed E-state index contributed by atoms with van der Waals surface area (Å²) in [6, 6.07) is 9.08. The molecular weight excluding hydrogens is 240 g/mol. The van der Waals surface area contributed by atoms with Gasteiger partial charge in [0.1, 0.15) is 6.10 Å². The predicted octanol–water partition coefficient (Wildman–Crippen LogP) is 3.54. The molecule has 1 atom stereocenters. The number of hydrogen-bond acceptors (Lipinski definition) is 3. The number of carbonyl (C=O) groups excluding carboxylic acids is 1. The van der Waals surface area contributed by atoms with Crippen LogP contribution in [0.2, 0.25) is 0 Å². The fraction of sp³-hybridized carbons (Fsp3) is 0.562. The van der Waals surface area contributed by atoms with E-state index in [9.17, 15) is 4.79 Å². The van der Waals surface area contributed by atoms with Crippen LogP contribution in [0.15, 0.2) is 30.3 Å². The topological polar surface area (TPSA) is 35.5 Å². The number of hydrogen-bond donors (Lipinski definition) is 0. The van der Waals surface area contributed by atoms with Crippen LogP contribution in [0.1, 0.15) is 38.1 Å². The highest BCUT2D eigenvalue weighted by molar-refractivity contribution is 5.89. The van der Waals surface area contributed by atoms with Gasteiger partial charge in [0.15, 0.2) is 0 Å². The fourth-order valence-corrected chi connectivity index (χ4v) is 2.41. The van der Waals surface area contributed by atoms with Gasteiger partial charge < -0.3 is 9.47 Å². The van der Waals surface area contributed by atoms with Crippen molar-refractivity contribution in [2.24, 2.45) is 11.3 Å². The molecule has 1 rings (SSSR count). The Balaban J connectivity index is 2.83. The van der Waals surface area contributed by atoms with E-state index in [0.29, 0.717) is 12.2 Å². The van der Waals surface area contributed by atoms with E-state index in [1.54, 1.807) is 19.2 Å². The molecular formula is C16H24O3. The van der Waals surface area contributed by atoms with E-state index < -0.39 is 0 Å². The van der Waals surface area contributed by atoms with Crippen LogP contribution in [0.5, 0.6) is 0 Å². The Morgan fingerprint density at radius 3 is 2.26 bits per heavy atom. The molecule has 19 heavy (non-hydrogen) atoms. The van der Waals surface area contributed by atoms with Crippen molar-refractivity contribution in [2.75, 3.05) is 13.7 Å². The molecule has 0 spiro atoms. The zero-order chi connectivity index (χ0) is 14.5. The molecule has 1 aromatic carbocycles. The van der Waals surface area contributed by atoms with Crippen LogP contribution in [0.3, 0.4) is 0 Å². The summed E-state index contributed by atoms with van der Waals surface area (Å²) < 4.78 is 10.9. The number of carbonyl (C=O) groups is 1. The number of benzene rings is 1. The van der Waals surface area contributed by atoms with Crippen LogP contribution in [0.25, 0.3) is 0 Å². The first kappa shape index (κ1) is 15.7. The van der Waals surface area contributed by atoms with Crippen molar-refractivity contribution in [3.8, 4) is 0 Å².